The van der Waals surface area contributed by atoms with Crippen LogP contribution in [0.3, 0.4) is 0 Å². The first kappa shape index (κ1) is 58.7. The van der Waals surface area contributed by atoms with E-state index in [4.69, 9.17) is 9.47 Å². The van der Waals surface area contributed by atoms with Gasteiger partial charge in [0.1, 0.15) is 23.7 Å². The molecule has 0 saturated carbocycles. The van der Waals surface area contributed by atoms with E-state index in [1.54, 1.807) is 73.5 Å². The number of carbonyl (C=O) groups is 6. The number of carbonyl (C=O) groups excluding carboxylic acids is 6. The van der Waals surface area contributed by atoms with Gasteiger partial charge in [0.05, 0.1) is 36.9 Å². The molecule has 5 aromatic rings. The van der Waals surface area contributed by atoms with Gasteiger partial charge in [-0.25, -0.2) is 8.78 Å². The number of nitrogens with zero attached hydrogens (tertiary/aromatic N) is 4. The predicted molar refractivity (Wildman–Crippen MR) is 312 cm³/mol. The summed E-state index contributed by atoms with van der Waals surface area (Å²) in [5.74, 6) is -3.97. The summed E-state index contributed by atoms with van der Waals surface area (Å²) in [6.07, 6.45) is 1.55. The molecule has 0 bridgehead atoms. The van der Waals surface area contributed by atoms with E-state index in [1.807, 2.05) is 31.2 Å². The fourth-order valence-corrected chi connectivity index (χ4v) is 12.1. The monoisotopic (exact) mass is 1140 g/mol. The van der Waals surface area contributed by atoms with Gasteiger partial charge in [-0.3, -0.25) is 38.6 Å². The third-order valence-electron chi connectivity index (χ3n) is 17.1. The van der Waals surface area contributed by atoms with Gasteiger partial charge in [0.15, 0.2) is 0 Å². The Morgan fingerprint density at radius 2 is 1.53 bits per heavy atom. The summed E-state index contributed by atoms with van der Waals surface area (Å²) in [7, 11) is 1.65. The summed E-state index contributed by atoms with van der Waals surface area (Å²) < 4.78 is 40.8. The van der Waals surface area contributed by atoms with E-state index >= 15 is 4.39 Å². The quantitative estimate of drug-likeness (QED) is 0.0637. The number of likely N-dealkylation sites (N-methyl/N-ethyl adjacent to an activating group) is 1. The van der Waals surface area contributed by atoms with E-state index in [0.717, 1.165) is 42.4 Å². The van der Waals surface area contributed by atoms with E-state index in [-0.39, 0.29) is 78.5 Å². The van der Waals surface area contributed by atoms with Crippen molar-refractivity contribution in [1.82, 2.24) is 30.7 Å². The lowest BCUT2D eigenvalue weighted by molar-refractivity contribution is -0.144. The summed E-state index contributed by atoms with van der Waals surface area (Å²) in [6, 6.07) is 27.2. The van der Waals surface area contributed by atoms with Crippen molar-refractivity contribution in [1.29, 1.82) is 0 Å². The Bertz CT molecular complexity index is 3220. The Labute approximate surface area is 483 Å². The van der Waals surface area contributed by atoms with Crippen molar-refractivity contribution in [3.05, 3.63) is 154 Å². The van der Waals surface area contributed by atoms with Crippen molar-refractivity contribution in [2.24, 2.45) is 5.92 Å². The zero-order valence-electron chi connectivity index (χ0n) is 47.6. The first-order chi connectivity index (χ1) is 40.0. The van der Waals surface area contributed by atoms with Crippen LogP contribution in [-0.4, -0.2) is 153 Å². The van der Waals surface area contributed by atoms with Crippen molar-refractivity contribution >= 4 is 58.2 Å². The molecule has 6 N–H and O–H groups in total. The number of ether oxygens (including phenoxy) is 2. The lowest BCUT2D eigenvalue weighted by Crippen LogP contribution is -2.62. The minimum Gasteiger partial charge on any atom is -0.381 e. The molecule has 6 amide bonds. The minimum absolute atomic E-state index is 0.0289. The van der Waals surface area contributed by atoms with Crippen LogP contribution < -0.4 is 36.8 Å². The fraction of sp³-hybridized carbons (Fsp3) is 0.429. The van der Waals surface area contributed by atoms with Gasteiger partial charge >= 0.3 is 0 Å². The molecule has 0 spiro atoms. The average Bonchev–Trinajstić information content (AvgIpc) is 2.81. The van der Waals surface area contributed by atoms with Gasteiger partial charge < -0.3 is 51.2 Å². The molecule has 0 aromatic heterocycles. The normalized spacial score (nSPS) is 22.7. The van der Waals surface area contributed by atoms with Crippen LogP contribution in [0.2, 0.25) is 0 Å². The third-order valence-corrected chi connectivity index (χ3v) is 17.1. The number of anilines is 4. The lowest BCUT2D eigenvalue weighted by atomic mass is 9.83. The molecule has 3 fully saturated rings. The maximum Gasteiger partial charge on any atom is 0.255 e. The predicted octanol–water partition coefficient (Wildman–Crippen LogP) is 5.98. The molecule has 5 aliphatic heterocycles. The molecule has 83 heavy (non-hydrogen) atoms. The molecular weight excluding hydrogens is 1060 g/mol. The molecule has 3 unspecified atom stereocenters. The summed E-state index contributed by atoms with van der Waals surface area (Å²) in [6.45, 7) is 13.3. The maximum atomic E-state index is 15.7. The Morgan fingerprint density at radius 1 is 0.807 bits per heavy atom. The zero-order valence-corrected chi connectivity index (χ0v) is 47.6. The summed E-state index contributed by atoms with van der Waals surface area (Å²) in [4.78, 5) is 93.3. The standard InChI is InChI=1S/C63H74F2N10O8/c1-38-32-73(49(31-67-38)34-72-24-27-83-36-39(72)2)35-55(76)75-37-63(4,51-20-12-42(29-54(51)75)28-41-10-14-46(64)15-11-41)62(81)69-48-18-16-47(17-19-48)68-59(78)44-13-21-52(65)53(30-44)70-60(79)57-50-9-7-6-8-45(50)33-74(57)61(80)56(43-22-25-82-26-23-43)71-58(77)40(3)66-5/h6-21,29-30,38-40,43,49,56-57,66-67H,22-28,31-37H2,1-5H3,(H,68,78)(H,69,81)(H,70,79)(H,71,77)/t38-,39-,40?,49-,56?,57+,63?/m1/s1. The second-order valence-electron chi connectivity index (χ2n) is 23.0. The van der Waals surface area contributed by atoms with Crippen molar-refractivity contribution in [3.8, 4) is 0 Å². The van der Waals surface area contributed by atoms with Crippen molar-refractivity contribution < 1.29 is 47.0 Å². The molecule has 0 aliphatic carbocycles. The maximum absolute atomic E-state index is 15.7. The number of hydrogen-bond acceptors (Lipinski definition) is 12. The number of piperazine rings is 1. The van der Waals surface area contributed by atoms with Crippen LogP contribution in [-0.2, 0) is 51.8 Å². The first-order valence-corrected chi connectivity index (χ1v) is 28.7. The smallest absolute Gasteiger partial charge is 0.255 e. The van der Waals surface area contributed by atoms with E-state index in [2.05, 4.69) is 55.5 Å². The average molecular weight is 1140 g/mol. The topological polar surface area (TPSA) is 206 Å². The van der Waals surface area contributed by atoms with E-state index in [1.165, 1.54) is 29.2 Å². The molecule has 18 nitrogen and oxygen atoms in total. The highest BCUT2D eigenvalue weighted by molar-refractivity contribution is 6.08. The Kier molecular flexibility index (Phi) is 18.1. The van der Waals surface area contributed by atoms with Crippen molar-refractivity contribution in [3.63, 3.8) is 0 Å². The fourth-order valence-electron chi connectivity index (χ4n) is 12.1. The number of benzene rings is 5. The van der Waals surface area contributed by atoms with Gasteiger partial charge in [0.25, 0.3) is 11.8 Å². The van der Waals surface area contributed by atoms with Crippen molar-refractivity contribution in [2.75, 3.05) is 93.6 Å². The third kappa shape index (κ3) is 13.2. The van der Waals surface area contributed by atoms with Gasteiger partial charge in [-0.15, -0.1) is 0 Å². The highest BCUT2D eigenvalue weighted by Crippen LogP contribution is 2.43. The summed E-state index contributed by atoms with van der Waals surface area (Å²) in [5, 5.41) is 18.0. The molecule has 438 valence electrons. The minimum atomic E-state index is -1.18. The lowest BCUT2D eigenvalue weighted by Gasteiger charge is -2.43. The van der Waals surface area contributed by atoms with E-state index < -0.39 is 47.1 Å². The van der Waals surface area contributed by atoms with Crippen LogP contribution in [0.5, 0.6) is 0 Å². The summed E-state index contributed by atoms with van der Waals surface area (Å²) >= 11 is 0. The second-order valence-corrected chi connectivity index (χ2v) is 23.0. The molecule has 0 radical (unpaired) electrons. The van der Waals surface area contributed by atoms with Crippen LogP contribution >= 0.6 is 0 Å². The van der Waals surface area contributed by atoms with Crippen LogP contribution in [0.25, 0.3) is 0 Å². The van der Waals surface area contributed by atoms with Gasteiger partial charge in [-0.1, -0.05) is 48.5 Å². The van der Waals surface area contributed by atoms with Gasteiger partial charge in [0.2, 0.25) is 23.6 Å². The molecule has 20 heteroatoms. The van der Waals surface area contributed by atoms with Gasteiger partial charge in [0, 0.05) is 93.2 Å². The van der Waals surface area contributed by atoms with Gasteiger partial charge in [-0.2, -0.15) is 0 Å². The number of morpholine rings is 1. The summed E-state index contributed by atoms with van der Waals surface area (Å²) in [5.41, 5.74) is 3.80. The molecule has 7 atom stereocenters. The Balaban J connectivity index is 0.822. The highest BCUT2D eigenvalue weighted by atomic mass is 19.1. The Morgan fingerprint density at radius 3 is 2.27 bits per heavy atom. The highest BCUT2D eigenvalue weighted by Gasteiger charge is 2.48. The number of amides is 6. The number of fused-ring (bicyclic) bond motifs is 2. The number of rotatable bonds is 17. The van der Waals surface area contributed by atoms with Crippen LogP contribution in [0, 0.1) is 17.6 Å². The zero-order chi connectivity index (χ0) is 58.5. The largest absolute Gasteiger partial charge is 0.381 e. The Hall–Kier alpha value is -7.46. The van der Waals surface area contributed by atoms with Crippen LogP contribution in [0.4, 0.5) is 31.5 Å². The van der Waals surface area contributed by atoms with E-state index in [0.29, 0.717) is 80.4 Å². The van der Waals surface area contributed by atoms with E-state index in [9.17, 15) is 33.2 Å². The second kappa shape index (κ2) is 25.6. The van der Waals surface area contributed by atoms with Crippen LogP contribution in [0.1, 0.15) is 84.8 Å². The SMILES string of the molecule is CNC(C)C(=O)NC(C(=O)N1Cc2ccccc2[C@H]1C(=O)Nc1cc(C(=O)Nc2ccc(NC(=O)C3(C)CN(C(=O)CN4C[C@@H](C)NC[C@@H]4CN4CCOC[C@H]4C)c4cc(Cc5ccc(F)cc5)ccc43)cc2)ccc1F)C1CCOCC1. The van der Waals surface area contributed by atoms with Crippen LogP contribution in [0.15, 0.2) is 109 Å². The molecule has 5 aromatic carbocycles. The van der Waals surface area contributed by atoms with Crippen molar-refractivity contribution in [2.45, 2.75) is 95.2 Å². The molecule has 3 saturated heterocycles. The first-order valence-electron chi connectivity index (χ1n) is 28.7. The molecule has 10 rings (SSSR count). The molecular formula is C63H74F2N10O8. The number of nitrogens with one attached hydrogen (secondary N) is 6. The molecule has 5 aliphatic rings. The number of halogens is 2. The molecule has 5 heterocycles. The van der Waals surface area contributed by atoms with Gasteiger partial charge in [-0.05, 0) is 148 Å². The number of hydrogen-bond donors (Lipinski definition) is 6.